The molecule has 0 aliphatic heterocycles. The molecule has 0 unspecified atom stereocenters. The predicted molar refractivity (Wildman–Crippen MR) is 80.1 cm³/mol. The number of hydrogen-bond acceptors (Lipinski definition) is 3. The lowest BCUT2D eigenvalue weighted by Crippen LogP contribution is -2.14. The normalized spacial score (nSPS) is 11.2. The van der Waals surface area contributed by atoms with Gasteiger partial charge in [-0.15, -0.1) is 10.2 Å². The number of nitrogens with one attached hydrogen (secondary N) is 2. The standard InChI is InChI=1S/C15H19N5/c1-2-16-7-3-4-12-9-17-15-6-5-13(8-14(12)15)20-10-18-19-11-20/h5-6,8-11,16-17H,2-4,7H2,1H3. The largest absolute Gasteiger partial charge is 0.361 e. The molecule has 2 heterocycles. The van der Waals surface area contributed by atoms with Crippen LogP contribution in [0.1, 0.15) is 18.9 Å². The highest BCUT2D eigenvalue weighted by Gasteiger charge is 2.05. The summed E-state index contributed by atoms with van der Waals surface area (Å²) >= 11 is 0. The summed E-state index contributed by atoms with van der Waals surface area (Å²) in [5, 5.41) is 12.4. The van der Waals surface area contributed by atoms with Gasteiger partial charge in [-0.3, -0.25) is 4.57 Å². The van der Waals surface area contributed by atoms with E-state index in [1.165, 1.54) is 16.5 Å². The van der Waals surface area contributed by atoms with E-state index >= 15 is 0 Å². The third kappa shape index (κ3) is 2.58. The molecule has 3 aromatic rings. The van der Waals surface area contributed by atoms with Crippen LogP contribution >= 0.6 is 0 Å². The number of benzene rings is 1. The van der Waals surface area contributed by atoms with Crippen LogP contribution in [0.4, 0.5) is 0 Å². The Morgan fingerprint density at radius 3 is 2.90 bits per heavy atom. The molecule has 2 N–H and O–H groups in total. The van der Waals surface area contributed by atoms with Crippen molar-refractivity contribution in [1.82, 2.24) is 25.1 Å². The summed E-state index contributed by atoms with van der Waals surface area (Å²) in [6.45, 7) is 4.23. The minimum absolute atomic E-state index is 1.03. The Morgan fingerprint density at radius 1 is 1.25 bits per heavy atom. The average Bonchev–Trinajstić information content (AvgIpc) is 3.13. The molecule has 104 valence electrons. The van der Waals surface area contributed by atoms with Gasteiger partial charge in [0, 0.05) is 22.8 Å². The number of nitrogens with zero attached hydrogens (tertiary/aromatic N) is 3. The van der Waals surface area contributed by atoms with Gasteiger partial charge in [-0.05, 0) is 49.7 Å². The molecule has 1 aromatic carbocycles. The lowest BCUT2D eigenvalue weighted by atomic mass is 10.1. The number of hydrogen-bond donors (Lipinski definition) is 2. The zero-order valence-electron chi connectivity index (χ0n) is 11.6. The Kier molecular flexibility index (Phi) is 3.78. The highest BCUT2D eigenvalue weighted by atomic mass is 15.2. The average molecular weight is 269 g/mol. The van der Waals surface area contributed by atoms with Crippen LogP contribution in [-0.2, 0) is 6.42 Å². The van der Waals surface area contributed by atoms with Crippen molar-refractivity contribution in [2.24, 2.45) is 0 Å². The fraction of sp³-hybridized carbons (Fsp3) is 0.333. The molecule has 0 saturated carbocycles. The van der Waals surface area contributed by atoms with E-state index in [4.69, 9.17) is 0 Å². The molecule has 0 bridgehead atoms. The minimum Gasteiger partial charge on any atom is -0.361 e. The second kappa shape index (κ2) is 5.88. The summed E-state index contributed by atoms with van der Waals surface area (Å²) in [7, 11) is 0. The highest BCUT2D eigenvalue weighted by Crippen LogP contribution is 2.22. The molecule has 3 rings (SSSR count). The van der Waals surface area contributed by atoms with Gasteiger partial charge in [0.05, 0.1) is 0 Å². The van der Waals surface area contributed by atoms with Crippen molar-refractivity contribution in [2.45, 2.75) is 19.8 Å². The number of H-pyrrole nitrogens is 1. The van der Waals surface area contributed by atoms with E-state index in [2.05, 4.69) is 51.8 Å². The second-order valence-electron chi connectivity index (χ2n) is 4.87. The number of aryl methyl sites for hydroxylation is 1. The second-order valence-corrected chi connectivity index (χ2v) is 4.87. The van der Waals surface area contributed by atoms with Crippen molar-refractivity contribution < 1.29 is 0 Å². The van der Waals surface area contributed by atoms with Gasteiger partial charge in [0.15, 0.2) is 0 Å². The quantitative estimate of drug-likeness (QED) is 0.675. The van der Waals surface area contributed by atoms with E-state index in [0.29, 0.717) is 0 Å². The summed E-state index contributed by atoms with van der Waals surface area (Å²) < 4.78 is 1.93. The van der Waals surface area contributed by atoms with Crippen molar-refractivity contribution in [3.05, 3.63) is 42.6 Å². The van der Waals surface area contributed by atoms with Crippen LogP contribution in [-0.4, -0.2) is 32.8 Å². The van der Waals surface area contributed by atoms with Gasteiger partial charge < -0.3 is 10.3 Å². The molecule has 0 spiro atoms. The zero-order chi connectivity index (χ0) is 13.8. The van der Waals surface area contributed by atoms with Gasteiger partial charge in [-0.1, -0.05) is 6.92 Å². The van der Waals surface area contributed by atoms with E-state index in [0.717, 1.165) is 31.6 Å². The monoisotopic (exact) mass is 269 g/mol. The summed E-state index contributed by atoms with van der Waals surface area (Å²) in [4.78, 5) is 3.34. The molecule has 0 aliphatic carbocycles. The Hall–Kier alpha value is -2.14. The molecule has 2 aromatic heterocycles. The van der Waals surface area contributed by atoms with Gasteiger partial charge in [0.25, 0.3) is 0 Å². The van der Waals surface area contributed by atoms with Gasteiger partial charge in [-0.2, -0.15) is 0 Å². The molecule has 0 atom stereocenters. The maximum atomic E-state index is 3.86. The Morgan fingerprint density at radius 2 is 2.10 bits per heavy atom. The van der Waals surface area contributed by atoms with Crippen LogP contribution in [0.5, 0.6) is 0 Å². The number of rotatable bonds is 6. The number of aromatic nitrogens is 4. The van der Waals surface area contributed by atoms with Gasteiger partial charge in [-0.25, -0.2) is 0 Å². The van der Waals surface area contributed by atoms with Crippen LogP contribution in [0.2, 0.25) is 0 Å². The van der Waals surface area contributed by atoms with Crippen LogP contribution in [0.3, 0.4) is 0 Å². The predicted octanol–water partition coefficient (Wildman–Crippen LogP) is 2.29. The third-order valence-electron chi connectivity index (χ3n) is 3.52. The molecule has 5 heteroatoms. The van der Waals surface area contributed by atoms with E-state index in [9.17, 15) is 0 Å². The van der Waals surface area contributed by atoms with Crippen molar-refractivity contribution in [3.63, 3.8) is 0 Å². The van der Waals surface area contributed by atoms with Crippen LogP contribution < -0.4 is 5.32 Å². The summed E-state index contributed by atoms with van der Waals surface area (Å²) in [5.74, 6) is 0. The molecule has 0 saturated heterocycles. The molecule has 0 aliphatic rings. The SMILES string of the molecule is CCNCCCc1c[nH]c2ccc(-n3cnnc3)cc12. The maximum absolute atomic E-state index is 3.86. The smallest absolute Gasteiger partial charge is 0.123 e. The first-order valence-corrected chi connectivity index (χ1v) is 7.04. The van der Waals surface area contributed by atoms with Gasteiger partial charge in [0.2, 0.25) is 0 Å². The minimum atomic E-state index is 1.03. The Labute approximate surface area is 118 Å². The van der Waals surface area contributed by atoms with E-state index < -0.39 is 0 Å². The molecular formula is C15H19N5. The molecule has 0 radical (unpaired) electrons. The fourth-order valence-electron chi connectivity index (χ4n) is 2.45. The molecule has 20 heavy (non-hydrogen) atoms. The Bertz CT molecular complexity index is 669. The molecular weight excluding hydrogens is 250 g/mol. The third-order valence-corrected chi connectivity index (χ3v) is 3.52. The van der Waals surface area contributed by atoms with Gasteiger partial charge in [0.1, 0.15) is 12.7 Å². The first-order chi connectivity index (χ1) is 9.88. The van der Waals surface area contributed by atoms with Crippen molar-refractivity contribution >= 4 is 10.9 Å². The summed E-state index contributed by atoms with van der Waals surface area (Å²) in [5.41, 5.74) is 3.64. The molecule has 5 nitrogen and oxygen atoms in total. The highest BCUT2D eigenvalue weighted by molar-refractivity contribution is 5.85. The van der Waals surface area contributed by atoms with E-state index in [-0.39, 0.29) is 0 Å². The van der Waals surface area contributed by atoms with Crippen LogP contribution in [0, 0.1) is 0 Å². The Balaban J connectivity index is 1.84. The molecule has 0 amide bonds. The lowest BCUT2D eigenvalue weighted by molar-refractivity contribution is 0.674. The maximum Gasteiger partial charge on any atom is 0.123 e. The summed E-state index contributed by atoms with van der Waals surface area (Å²) in [6, 6.07) is 6.38. The number of fused-ring (bicyclic) bond motifs is 1. The van der Waals surface area contributed by atoms with Crippen molar-refractivity contribution in [2.75, 3.05) is 13.1 Å². The van der Waals surface area contributed by atoms with Crippen LogP contribution in [0.25, 0.3) is 16.6 Å². The fourth-order valence-corrected chi connectivity index (χ4v) is 2.45. The van der Waals surface area contributed by atoms with E-state index in [1.54, 1.807) is 12.7 Å². The van der Waals surface area contributed by atoms with Gasteiger partial charge >= 0.3 is 0 Å². The first-order valence-electron chi connectivity index (χ1n) is 7.04. The summed E-state index contributed by atoms with van der Waals surface area (Å²) in [6.07, 6.45) is 7.79. The molecule has 0 fully saturated rings. The van der Waals surface area contributed by atoms with Crippen LogP contribution in [0.15, 0.2) is 37.1 Å². The lowest BCUT2D eigenvalue weighted by Gasteiger charge is -2.04. The first kappa shape index (κ1) is 12.9. The topological polar surface area (TPSA) is 58.5 Å². The number of aromatic amines is 1. The van der Waals surface area contributed by atoms with Crippen molar-refractivity contribution in [1.29, 1.82) is 0 Å². The zero-order valence-corrected chi connectivity index (χ0v) is 11.6. The van der Waals surface area contributed by atoms with Crippen molar-refractivity contribution in [3.8, 4) is 5.69 Å². The van der Waals surface area contributed by atoms with E-state index in [1.807, 2.05) is 4.57 Å².